The van der Waals surface area contributed by atoms with Gasteiger partial charge in [0.05, 0.1) is 11.9 Å². The van der Waals surface area contributed by atoms with Gasteiger partial charge in [-0.1, -0.05) is 54.3 Å². The van der Waals surface area contributed by atoms with E-state index < -0.39 is 28.5 Å². The Bertz CT molecular complexity index is 1100. The van der Waals surface area contributed by atoms with Crippen LogP contribution in [0.15, 0.2) is 48.5 Å². The predicted octanol–water partition coefficient (Wildman–Crippen LogP) is 3.89. The summed E-state index contributed by atoms with van der Waals surface area (Å²) in [6.07, 6.45) is 5.08. The topological polar surface area (TPSA) is 86.8 Å². The second-order valence-corrected chi connectivity index (χ2v) is 11.3. The highest BCUT2D eigenvalue weighted by Gasteiger charge is 2.31. The molecule has 1 atom stereocenters. The van der Waals surface area contributed by atoms with Gasteiger partial charge in [-0.05, 0) is 56.5 Å². The Balaban J connectivity index is 1.86. The minimum atomic E-state index is -3.76. The fourth-order valence-corrected chi connectivity index (χ4v) is 5.06. The van der Waals surface area contributed by atoms with Gasteiger partial charge in [0.25, 0.3) is 0 Å². The molecular formula is C25H32ClN3O4S. The number of sulfonamides is 1. The number of rotatable bonds is 9. The van der Waals surface area contributed by atoms with Gasteiger partial charge in [0.15, 0.2) is 0 Å². The molecule has 34 heavy (non-hydrogen) atoms. The molecule has 3 rings (SSSR count). The average molecular weight is 506 g/mol. The van der Waals surface area contributed by atoms with Crippen molar-refractivity contribution in [2.75, 3.05) is 17.1 Å². The van der Waals surface area contributed by atoms with Crippen LogP contribution in [0.1, 0.15) is 43.7 Å². The lowest BCUT2D eigenvalue weighted by molar-refractivity contribution is -0.139. The monoisotopic (exact) mass is 505 g/mol. The summed E-state index contributed by atoms with van der Waals surface area (Å²) in [5.41, 5.74) is 2.27. The van der Waals surface area contributed by atoms with Crippen LogP contribution in [0.2, 0.25) is 5.02 Å². The fourth-order valence-electron chi connectivity index (χ4n) is 4.09. The van der Waals surface area contributed by atoms with E-state index in [2.05, 4.69) is 5.32 Å². The fraction of sp³-hybridized carbons (Fsp3) is 0.440. The molecule has 1 aliphatic rings. The van der Waals surface area contributed by atoms with Gasteiger partial charge in [0.1, 0.15) is 12.6 Å². The number of amides is 2. The lowest BCUT2D eigenvalue weighted by Crippen LogP contribution is -2.52. The minimum Gasteiger partial charge on any atom is -0.352 e. The highest BCUT2D eigenvalue weighted by atomic mass is 35.5. The lowest BCUT2D eigenvalue weighted by atomic mass is 10.1. The molecular weight excluding hydrogens is 474 g/mol. The number of carbonyl (C=O) groups is 2. The molecule has 2 aromatic carbocycles. The molecule has 9 heteroatoms. The maximum atomic E-state index is 13.5. The standard InChI is InChI=1S/C25H32ClN3O4S/c1-18-8-10-20(11-9-18)16-28(19(2)25(31)27-22-6-4-5-7-22)24(30)17-29(34(3,32)33)23-14-12-21(26)13-15-23/h8-15,19,22H,4-7,16-17H2,1-3H3,(H,27,31). The van der Waals surface area contributed by atoms with Crippen LogP contribution in [-0.4, -0.2) is 50.0 Å². The summed E-state index contributed by atoms with van der Waals surface area (Å²) in [6, 6.07) is 13.3. The Morgan fingerprint density at radius 1 is 1.06 bits per heavy atom. The van der Waals surface area contributed by atoms with E-state index in [-0.39, 0.29) is 18.5 Å². The Labute approximate surface area is 207 Å². The smallest absolute Gasteiger partial charge is 0.244 e. The van der Waals surface area contributed by atoms with E-state index in [1.54, 1.807) is 31.2 Å². The molecule has 0 bridgehead atoms. The zero-order chi connectivity index (χ0) is 24.9. The molecule has 1 aliphatic carbocycles. The van der Waals surface area contributed by atoms with Crippen LogP contribution in [0.4, 0.5) is 5.69 Å². The number of anilines is 1. The van der Waals surface area contributed by atoms with Crippen molar-refractivity contribution in [3.8, 4) is 0 Å². The van der Waals surface area contributed by atoms with Crippen LogP contribution < -0.4 is 9.62 Å². The summed E-state index contributed by atoms with van der Waals surface area (Å²) in [5, 5.41) is 3.51. The van der Waals surface area contributed by atoms with Crippen molar-refractivity contribution in [3.05, 3.63) is 64.7 Å². The number of benzene rings is 2. The molecule has 0 saturated heterocycles. The van der Waals surface area contributed by atoms with Crippen LogP contribution in [0.5, 0.6) is 0 Å². The van der Waals surface area contributed by atoms with Gasteiger partial charge in [0, 0.05) is 17.6 Å². The van der Waals surface area contributed by atoms with E-state index in [0.29, 0.717) is 10.7 Å². The highest BCUT2D eigenvalue weighted by Crippen LogP contribution is 2.22. The third kappa shape index (κ3) is 6.96. The summed E-state index contributed by atoms with van der Waals surface area (Å²) >= 11 is 5.95. The first-order valence-electron chi connectivity index (χ1n) is 11.4. The zero-order valence-electron chi connectivity index (χ0n) is 19.8. The number of carbonyl (C=O) groups excluding carboxylic acids is 2. The van der Waals surface area contributed by atoms with E-state index in [1.165, 1.54) is 4.90 Å². The van der Waals surface area contributed by atoms with Crippen molar-refractivity contribution in [1.29, 1.82) is 0 Å². The largest absolute Gasteiger partial charge is 0.352 e. The van der Waals surface area contributed by atoms with Crippen molar-refractivity contribution >= 4 is 39.1 Å². The molecule has 1 fully saturated rings. The molecule has 0 aliphatic heterocycles. The molecule has 1 unspecified atom stereocenters. The zero-order valence-corrected chi connectivity index (χ0v) is 21.4. The molecule has 1 N–H and O–H groups in total. The number of hydrogen-bond donors (Lipinski definition) is 1. The van der Waals surface area contributed by atoms with Crippen LogP contribution in [0.25, 0.3) is 0 Å². The van der Waals surface area contributed by atoms with E-state index in [9.17, 15) is 18.0 Å². The summed E-state index contributed by atoms with van der Waals surface area (Å²) < 4.78 is 26.1. The van der Waals surface area contributed by atoms with Gasteiger partial charge in [-0.15, -0.1) is 0 Å². The minimum absolute atomic E-state index is 0.118. The van der Waals surface area contributed by atoms with Gasteiger partial charge in [-0.25, -0.2) is 8.42 Å². The van der Waals surface area contributed by atoms with Gasteiger partial charge < -0.3 is 10.2 Å². The van der Waals surface area contributed by atoms with Gasteiger partial charge in [0.2, 0.25) is 21.8 Å². The normalized spacial score (nSPS) is 15.1. The third-order valence-corrected chi connectivity index (χ3v) is 7.53. The van der Waals surface area contributed by atoms with E-state index in [0.717, 1.165) is 47.4 Å². The van der Waals surface area contributed by atoms with E-state index in [4.69, 9.17) is 11.6 Å². The first kappa shape index (κ1) is 26.0. The molecule has 2 amide bonds. The molecule has 0 aromatic heterocycles. The van der Waals surface area contributed by atoms with Crippen molar-refractivity contribution in [1.82, 2.24) is 10.2 Å². The Kier molecular flexibility index (Phi) is 8.60. The third-order valence-electron chi connectivity index (χ3n) is 6.14. The molecule has 1 saturated carbocycles. The van der Waals surface area contributed by atoms with E-state index in [1.807, 2.05) is 31.2 Å². The summed E-state index contributed by atoms with van der Waals surface area (Å²) in [7, 11) is -3.76. The van der Waals surface area contributed by atoms with Crippen LogP contribution in [0, 0.1) is 6.92 Å². The molecule has 2 aromatic rings. The first-order chi connectivity index (χ1) is 16.0. The first-order valence-corrected chi connectivity index (χ1v) is 13.7. The predicted molar refractivity (Wildman–Crippen MR) is 135 cm³/mol. The maximum Gasteiger partial charge on any atom is 0.244 e. The number of hydrogen-bond acceptors (Lipinski definition) is 4. The number of halogens is 1. The van der Waals surface area contributed by atoms with Gasteiger partial charge in [-0.2, -0.15) is 0 Å². The second-order valence-electron chi connectivity index (χ2n) is 8.92. The Morgan fingerprint density at radius 3 is 2.21 bits per heavy atom. The SMILES string of the molecule is Cc1ccc(CN(C(=O)CN(c2ccc(Cl)cc2)S(C)(=O)=O)C(C)C(=O)NC2CCCC2)cc1. The summed E-state index contributed by atoms with van der Waals surface area (Å²) in [6.45, 7) is 3.42. The summed E-state index contributed by atoms with van der Waals surface area (Å²) in [5.74, 6) is -0.695. The van der Waals surface area contributed by atoms with Gasteiger partial charge in [-0.3, -0.25) is 13.9 Å². The summed E-state index contributed by atoms with van der Waals surface area (Å²) in [4.78, 5) is 28.0. The lowest BCUT2D eigenvalue weighted by Gasteiger charge is -2.32. The highest BCUT2D eigenvalue weighted by molar-refractivity contribution is 7.92. The van der Waals surface area contributed by atoms with Crippen molar-refractivity contribution in [2.45, 2.75) is 58.2 Å². The van der Waals surface area contributed by atoms with Crippen LogP contribution >= 0.6 is 11.6 Å². The Hall–Kier alpha value is -2.58. The van der Waals surface area contributed by atoms with Crippen molar-refractivity contribution in [2.24, 2.45) is 0 Å². The second kappa shape index (κ2) is 11.2. The molecule has 0 radical (unpaired) electrons. The molecule has 184 valence electrons. The molecule has 7 nitrogen and oxygen atoms in total. The Morgan fingerprint density at radius 2 is 1.65 bits per heavy atom. The average Bonchev–Trinajstić information content (AvgIpc) is 3.29. The maximum absolute atomic E-state index is 13.5. The van der Waals surface area contributed by atoms with E-state index >= 15 is 0 Å². The quantitative estimate of drug-likeness (QED) is 0.560. The van der Waals surface area contributed by atoms with Gasteiger partial charge >= 0.3 is 0 Å². The van der Waals surface area contributed by atoms with Crippen LogP contribution in [0.3, 0.4) is 0 Å². The molecule has 0 spiro atoms. The van der Waals surface area contributed by atoms with Crippen molar-refractivity contribution in [3.63, 3.8) is 0 Å². The van der Waals surface area contributed by atoms with Crippen molar-refractivity contribution < 1.29 is 18.0 Å². The number of nitrogens with one attached hydrogen (secondary N) is 1. The number of nitrogens with zero attached hydrogens (tertiary/aromatic N) is 2. The van der Waals surface area contributed by atoms with Crippen LogP contribution in [-0.2, 0) is 26.2 Å². The molecule has 0 heterocycles. The number of aryl methyl sites for hydroxylation is 1.